The maximum atomic E-state index is 11.8. The van der Waals surface area contributed by atoms with Crippen molar-refractivity contribution in [2.75, 3.05) is 6.61 Å². The number of carbonyl (C=O) groups excluding carboxylic acids is 2. The highest BCUT2D eigenvalue weighted by molar-refractivity contribution is 5.90. The fourth-order valence-corrected chi connectivity index (χ4v) is 1.20. The minimum absolute atomic E-state index is 0.102. The fraction of sp³-hybridized carbons (Fsp3) is 0.231. The molecule has 1 atom stereocenters. The third-order valence-corrected chi connectivity index (χ3v) is 2.40. The van der Waals surface area contributed by atoms with Gasteiger partial charge in [-0.05, 0) is 19.1 Å². The molecule has 0 radical (unpaired) electrons. The number of nitro groups is 1. The fourth-order valence-electron chi connectivity index (χ4n) is 1.20. The molecule has 0 bridgehead atoms. The number of nitrogens with zero attached hydrogens (tertiary/aromatic N) is 1. The Hall–Kier alpha value is -2.78. The Kier molecular flexibility index (Phi) is 5.33. The molecule has 0 aliphatic heterocycles. The summed E-state index contributed by atoms with van der Waals surface area (Å²) in [6.07, 6.45) is 0. The van der Waals surface area contributed by atoms with E-state index in [9.17, 15) is 24.8 Å². The van der Waals surface area contributed by atoms with Crippen molar-refractivity contribution in [3.05, 3.63) is 46.5 Å². The van der Waals surface area contributed by atoms with Crippen molar-refractivity contribution in [3.8, 4) is 5.75 Å². The van der Waals surface area contributed by atoms with Crippen LogP contribution < -0.4 is 4.74 Å². The monoisotopic (exact) mass is 311 g/mol. The number of hydrogen-bond acceptors (Lipinski definition) is 8. The average Bonchev–Trinajstić information content (AvgIpc) is 2.47. The lowest BCUT2D eigenvalue weighted by Crippen LogP contribution is -2.49. The van der Waals surface area contributed by atoms with Crippen LogP contribution in [0.1, 0.15) is 6.92 Å². The van der Waals surface area contributed by atoms with E-state index >= 15 is 0 Å². The molecule has 0 spiro atoms. The zero-order chi connectivity index (χ0) is 16.9. The van der Waals surface area contributed by atoms with Gasteiger partial charge in [0.25, 0.3) is 5.69 Å². The van der Waals surface area contributed by atoms with Gasteiger partial charge in [0, 0.05) is 17.7 Å². The molecule has 2 N–H and O–H groups in total. The second-order valence-corrected chi connectivity index (χ2v) is 4.25. The molecular weight excluding hydrogens is 298 g/mol. The Bertz CT molecular complexity index is 609. The predicted octanol–water partition coefficient (Wildman–Crippen LogP) is 0.300. The van der Waals surface area contributed by atoms with Crippen LogP contribution in [0.5, 0.6) is 5.75 Å². The van der Waals surface area contributed by atoms with Gasteiger partial charge in [-0.25, -0.2) is 9.59 Å². The molecule has 118 valence electrons. The number of non-ortho nitro benzene ring substituents is 1. The molecule has 9 heteroatoms. The van der Waals surface area contributed by atoms with Gasteiger partial charge >= 0.3 is 17.7 Å². The van der Waals surface area contributed by atoms with Crippen molar-refractivity contribution in [2.45, 2.75) is 12.7 Å². The first-order valence-electron chi connectivity index (χ1n) is 5.88. The van der Waals surface area contributed by atoms with Gasteiger partial charge in [-0.1, -0.05) is 6.58 Å². The molecule has 0 amide bonds. The van der Waals surface area contributed by atoms with Crippen LogP contribution in [0.25, 0.3) is 0 Å². The summed E-state index contributed by atoms with van der Waals surface area (Å²) < 4.78 is 9.14. The van der Waals surface area contributed by atoms with E-state index in [1.165, 1.54) is 6.92 Å². The summed E-state index contributed by atoms with van der Waals surface area (Å²) in [7, 11) is 0. The van der Waals surface area contributed by atoms with Gasteiger partial charge in [0.15, 0.2) is 0 Å². The molecule has 0 saturated carbocycles. The third-order valence-electron chi connectivity index (χ3n) is 2.40. The molecule has 0 aliphatic rings. The van der Waals surface area contributed by atoms with E-state index in [-0.39, 0.29) is 17.0 Å². The van der Waals surface area contributed by atoms with Crippen molar-refractivity contribution < 1.29 is 34.2 Å². The summed E-state index contributed by atoms with van der Waals surface area (Å²) in [6.45, 7) is 3.30. The predicted molar refractivity (Wildman–Crippen MR) is 71.7 cm³/mol. The number of ether oxygens (including phenoxy) is 2. The summed E-state index contributed by atoms with van der Waals surface area (Å²) in [5.74, 6) is -5.61. The number of hydrogen-bond donors (Lipinski definition) is 2. The lowest BCUT2D eigenvalue weighted by atomic mass is 10.2. The number of aliphatic hydroxyl groups is 2. The number of nitro benzene ring substituents is 1. The zero-order valence-corrected chi connectivity index (χ0v) is 11.5. The number of benzene rings is 1. The van der Waals surface area contributed by atoms with Gasteiger partial charge in [-0.15, -0.1) is 0 Å². The molecule has 0 fully saturated rings. The first kappa shape index (κ1) is 17.3. The number of esters is 2. The van der Waals surface area contributed by atoms with Crippen LogP contribution in [0.4, 0.5) is 5.69 Å². The second-order valence-electron chi connectivity index (χ2n) is 4.25. The van der Waals surface area contributed by atoms with Crippen molar-refractivity contribution in [1.82, 2.24) is 0 Å². The molecule has 0 heterocycles. The van der Waals surface area contributed by atoms with E-state index in [1.54, 1.807) is 0 Å². The van der Waals surface area contributed by atoms with E-state index in [0.717, 1.165) is 24.3 Å². The standard InChI is InChI=1S/C13H13NO8/c1-8(2)11(16)22-13(18,7-15)12(17)21-10-5-3-9(4-6-10)14(19)20/h3-6,15,18H,1,7H2,2H3. The minimum Gasteiger partial charge on any atom is -0.422 e. The summed E-state index contributed by atoms with van der Waals surface area (Å²) >= 11 is 0. The van der Waals surface area contributed by atoms with Crippen molar-refractivity contribution >= 4 is 17.6 Å². The molecule has 0 saturated heterocycles. The van der Waals surface area contributed by atoms with Crippen LogP contribution in [0.15, 0.2) is 36.4 Å². The smallest absolute Gasteiger partial charge is 0.387 e. The Morgan fingerprint density at radius 3 is 2.32 bits per heavy atom. The van der Waals surface area contributed by atoms with Gasteiger partial charge in [0.05, 0.1) is 4.92 Å². The normalized spacial score (nSPS) is 12.9. The summed E-state index contributed by atoms with van der Waals surface area (Å²) in [6, 6.07) is 4.35. The largest absolute Gasteiger partial charge is 0.422 e. The SMILES string of the molecule is C=C(C)C(=O)OC(O)(CO)C(=O)Oc1ccc([N+](=O)[O-])cc1. The number of carbonyl (C=O) groups is 2. The van der Waals surface area contributed by atoms with E-state index in [0.29, 0.717) is 0 Å². The highest BCUT2D eigenvalue weighted by Gasteiger charge is 2.42. The number of rotatable bonds is 6. The summed E-state index contributed by atoms with van der Waals surface area (Å²) in [5.41, 5.74) is -0.332. The van der Waals surface area contributed by atoms with Crippen LogP contribution >= 0.6 is 0 Å². The van der Waals surface area contributed by atoms with Gasteiger partial charge in [-0.2, -0.15) is 0 Å². The summed E-state index contributed by atoms with van der Waals surface area (Å²) in [4.78, 5) is 32.9. The molecule has 22 heavy (non-hydrogen) atoms. The average molecular weight is 311 g/mol. The Balaban J connectivity index is 2.86. The molecule has 0 aromatic heterocycles. The second kappa shape index (κ2) is 6.78. The van der Waals surface area contributed by atoms with Crippen LogP contribution in [0.3, 0.4) is 0 Å². The van der Waals surface area contributed by atoms with Crippen molar-refractivity contribution in [3.63, 3.8) is 0 Å². The minimum atomic E-state index is -2.90. The molecular formula is C13H13NO8. The van der Waals surface area contributed by atoms with E-state index in [2.05, 4.69) is 11.3 Å². The Morgan fingerprint density at radius 1 is 1.36 bits per heavy atom. The molecule has 1 rings (SSSR count). The van der Waals surface area contributed by atoms with E-state index in [1.807, 2.05) is 0 Å². The van der Waals surface area contributed by atoms with Crippen LogP contribution in [-0.4, -0.2) is 39.5 Å². The first-order valence-corrected chi connectivity index (χ1v) is 5.88. The molecule has 9 nitrogen and oxygen atoms in total. The van der Waals surface area contributed by atoms with Gasteiger partial charge in [0.2, 0.25) is 0 Å². The van der Waals surface area contributed by atoms with Crippen LogP contribution in [0, 0.1) is 10.1 Å². The third kappa shape index (κ3) is 4.11. The van der Waals surface area contributed by atoms with Crippen LogP contribution in [-0.2, 0) is 14.3 Å². The zero-order valence-electron chi connectivity index (χ0n) is 11.5. The van der Waals surface area contributed by atoms with Gasteiger partial charge < -0.3 is 19.7 Å². The Labute approximate surface area is 124 Å². The summed E-state index contributed by atoms with van der Waals surface area (Å²) in [5, 5.41) is 29.3. The first-order chi connectivity index (χ1) is 10.2. The molecule has 0 aliphatic carbocycles. The van der Waals surface area contributed by atoms with E-state index < -0.39 is 29.3 Å². The Morgan fingerprint density at radius 2 is 1.91 bits per heavy atom. The molecule has 1 unspecified atom stereocenters. The quantitative estimate of drug-likeness (QED) is 0.191. The highest BCUT2D eigenvalue weighted by atomic mass is 16.7. The topological polar surface area (TPSA) is 136 Å². The van der Waals surface area contributed by atoms with Gasteiger partial charge in [-0.3, -0.25) is 10.1 Å². The van der Waals surface area contributed by atoms with Crippen molar-refractivity contribution in [1.29, 1.82) is 0 Å². The lowest BCUT2D eigenvalue weighted by Gasteiger charge is -2.23. The van der Waals surface area contributed by atoms with Crippen molar-refractivity contribution in [2.24, 2.45) is 0 Å². The lowest BCUT2D eigenvalue weighted by molar-refractivity contribution is -0.384. The molecule has 1 aromatic carbocycles. The van der Waals surface area contributed by atoms with Gasteiger partial charge in [0.1, 0.15) is 12.4 Å². The highest BCUT2D eigenvalue weighted by Crippen LogP contribution is 2.20. The maximum absolute atomic E-state index is 11.8. The number of aliphatic hydroxyl groups excluding tert-OH is 1. The maximum Gasteiger partial charge on any atom is 0.387 e. The van der Waals surface area contributed by atoms with E-state index in [4.69, 9.17) is 9.84 Å². The van der Waals surface area contributed by atoms with Crippen LogP contribution in [0.2, 0.25) is 0 Å². The molecule has 1 aromatic rings.